The van der Waals surface area contributed by atoms with Crippen LogP contribution in [0.5, 0.6) is 0 Å². The second kappa shape index (κ2) is 8.67. The Morgan fingerprint density at radius 3 is 2.73 bits per heavy atom. The zero-order valence-corrected chi connectivity index (χ0v) is 17.6. The van der Waals surface area contributed by atoms with Gasteiger partial charge in [0.15, 0.2) is 5.69 Å². The summed E-state index contributed by atoms with van der Waals surface area (Å²) in [6, 6.07) is 15.1. The number of hydrogen-bond donors (Lipinski definition) is 0. The van der Waals surface area contributed by atoms with Gasteiger partial charge in [-0.25, -0.2) is 14.5 Å². The van der Waals surface area contributed by atoms with E-state index in [2.05, 4.69) is 15.3 Å². The van der Waals surface area contributed by atoms with Crippen molar-refractivity contribution in [2.24, 2.45) is 0 Å². The highest BCUT2D eigenvalue weighted by atomic mass is 35.5. The van der Waals surface area contributed by atoms with Gasteiger partial charge in [-0.3, -0.25) is 0 Å². The number of halogens is 1. The molecule has 8 heteroatoms. The van der Waals surface area contributed by atoms with Gasteiger partial charge in [0.1, 0.15) is 12.4 Å². The summed E-state index contributed by atoms with van der Waals surface area (Å²) in [5.41, 5.74) is 3.57. The predicted molar refractivity (Wildman–Crippen MR) is 115 cm³/mol. The van der Waals surface area contributed by atoms with Gasteiger partial charge in [-0.1, -0.05) is 48.4 Å². The van der Waals surface area contributed by atoms with Crippen LogP contribution in [0, 0.1) is 0 Å². The molecule has 0 saturated heterocycles. The van der Waals surface area contributed by atoms with Crippen LogP contribution in [0.1, 0.15) is 42.3 Å². The van der Waals surface area contributed by atoms with Crippen LogP contribution in [-0.2, 0) is 24.3 Å². The summed E-state index contributed by atoms with van der Waals surface area (Å²) >= 11 is 6.11. The van der Waals surface area contributed by atoms with E-state index in [-0.39, 0.29) is 12.3 Å². The number of carbonyl (C=O) groups excluding carboxylic acids is 1. The lowest BCUT2D eigenvalue weighted by Crippen LogP contribution is -2.12. The number of esters is 1. The lowest BCUT2D eigenvalue weighted by Gasteiger charge is -2.09. The molecule has 0 aliphatic rings. The highest BCUT2D eigenvalue weighted by Crippen LogP contribution is 2.20. The number of aryl methyl sites for hydroxylation is 1. The molecule has 0 amide bonds. The smallest absolute Gasteiger partial charge is 0.361 e. The van der Waals surface area contributed by atoms with Crippen LogP contribution in [0.4, 0.5) is 0 Å². The number of nitrogens with zero attached hydrogens (tertiary/aromatic N) is 5. The van der Waals surface area contributed by atoms with Crippen molar-refractivity contribution in [1.29, 1.82) is 0 Å². The molecule has 2 aromatic heterocycles. The fourth-order valence-corrected chi connectivity index (χ4v) is 3.71. The summed E-state index contributed by atoms with van der Waals surface area (Å²) in [5, 5.41) is 8.87. The number of rotatable bonds is 7. The minimum absolute atomic E-state index is 0.0664. The molecule has 0 unspecified atom stereocenters. The van der Waals surface area contributed by atoms with Crippen LogP contribution in [0.2, 0.25) is 5.02 Å². The highest BCUT2D eigenvalue weighted by Gasteiger charge is 2.22. The van der Waals surface area contributed by atoms with Gasteiger partial charge in [0.05, 0.1) is 22.4 Å². The molecule has 0 radical (unpaired) electrons. The maximum absolute atomic E-state index is 12.8. The molecule has 0 saturated carbocycles. The number of aromatic nitrogens is 5. The molecule has 0 bridgehead atoms. The predicted octanol–water partition coefficient (Wildman–Crippen LogP) is 4.60. The van der Waals surface area contributed by atoms with Gasteiger partial charge >= 0.3 is 5.97 Å². The Morgan fingerprint density at radius 1 is 1.13 bits per heavy atom. The van der Waals surface area contributed by atoms with Crippen molar-refractivity contribution in [3.8, 4) is 5.69 Å². The summed E-state index contributed by atoms with van der Waals surface area (Å²) < 4.78 is 9.27. The number of hydrogen-bond acceptors (Lipinski definition) is 5. The Morgan fingerprint density at radius 2 is 1.97 bits per heavy atom. The van der Waals surface area contributed by atoms with E-state index < -0.39 is 5.97 Å². The Kier molecular flexibility index (Phi) is 5.81. The molecule has 0 aliphatic carbocycles. The molecule has 0 aliphatic heterocycles. The van der Waals surface area contributed by atoms with Gasteiger partial charge in [-0.05, 0) is 43.7 Å². The van der Waals surface area contributed by atoms with Crippen LogP contribution in [-0.4, -0.2) is 30.5 Å². The average Bonchev–Trinajstić information content (AvgIpc) is 3.33. The molecule has 0 fully saturated rings. The van der Waals surface area contributed by atoms with E-state index in [1.165, 1.54) is 0 Å². The van der Waals surface area contributed by atoms with Crippen LogP contribution < -0.4 is 0 Å². The van der Waals surface area contributed by atoms with Crippen molar-refractivity contribution in [3.05, 3.63) is 70.8 Å². The molecule has 2 heterocycles. The first-order valence-electron chi connectivity index (χ1n) is 9.94. The number of carbonyl (C=O) groups is 1. The van der Waals surface area contributed by atoms with Crippen LogP contribution in [0.25, 0.3) is 16.7 Å². The summed E-state index contributed by atoms with van der Waals surface area (Å²) in [6.45, 7) is 4.87. The van der Waals surface area contributed by atoms with Gasteiger partial charge in [-0.15, -0.1) is 5.10 Å². The van der Waals surface area contributed by atoms with Crippen molar-refractivity contribution in [2.75, 3.05) is 0 Å². The summed E-state index contributed by atoms with van der Waals surface area (Å²) in [7, 11) is 0. The Bertz CT molecular complexity index is 1200. The van der Waals surface area contributed by atoms with Crippen LogP contribution in [0.15, 0.2) is 48.5 Å². The first-order chi connectivity index (χ1) is 14.6. The second-order valence-corrected chi connectivity index (χ2v) is 7.30. The van der Waals surface area contributed by atoms with Crippen molar-refractivity contribution in [2.45, 2.75) is 39.8 Å². The third kappa shape index (κ3) is 3.80. The number of ether oxygens (including phenoxy) is 1. The van der Waals surface area contributed by atoms with Gasteiger partial charge in [0, 0.05) is 11.6 Å². The first kappa shape index (κ1) is 20.1. The van der Waals surface area contributed by atoms with Gasteiger partial charge < -0.3 is 9.30 Å². The maximum Gasteiger partial charge on any atom is 0.361 e. The second-order valence-electron chi connectivity index (χ2n) is 6.86. The van der Waals surface area contributed by atoms with Gasteiger partial charge in [-0.2, -0.15) is 0 Å². The Hall–Kier alpha value is -3.19. The molecular weight excluding hydrogens is 402 g/mol. The van der Waals surface area contributed by atoms with E-state index >= 15 is 0 Å². The number of para-hydroxylation sites is 2. The molecule has 2 aromatic carbocycles. The normalized spacial score (nSPS) is 11.2. The van der Waals surface area contributed by atoms with Crippen molar-refractivity contribution in [3.63, 3.8) is 0 Å². The van der Waals surface area contributed by atoms with E-state index in [9.17, 15) is 4.79 Å². The average molecular weight is 424 g/mol. The standard InChI is InChI=1S/C22H22ClN5O2/c1-3-8-19-21(25-26-28(19)16-10-7-9-15(23)13-16)22(29)30-14-20-24-17-11-5-6-12-18(17)27(20)4-2/h5-7,9-13H,3-4,8,14H2,1-2H3. The first-order valence-corrected chi connectivity index (χ1v) is 10.3. The molecule has 4 aromatic rings. The minimum atomic E-state index is -0.513. The number of imidazole rings is 1. The summed E-state index contributed by atoms with van der Waals surface area (Å²) in [4.78, 5) is 17.4. The lowest BCUT2D eigenvalue weighted by atomic mass is 10.2. The van der Waals surface area contributed by atoms with Crippen molar-refractivity contribution in [1.82, 2.24) is 24.5 Å². The SMILES string of the molecule is CCCc1c(C(=O)OCc2nc3ccccc3n2CC)nnn1-c1cccc(Cl)c1. The fourth-order valence-electron chi connectivity index (χ4n) is 3.52. The van der Waals surface area contributed by atoms with Crippen molar-refractivity contribution < 1.29 is 9.53 Å². The minimum Gasteiger partial charge on any atom is -0.453 e. The molecular formula is C22H22ClN5O2. The van der Waals surface area contributed by atoms with E-state index in [1.807, 2.05) is 54.8 Å². The number of fused-ring (bicyclic) bond motifs is 1. The maximum atomic E-state index is 12.8. The zero-order chi connectivity index (χ0) is 21.1. The van der Waals surface area contributed by atoms with E-state index in [0.717, 1.165) is 29.7 Å². The van der Waals surface area contributed by atoms with E-state index in [1.54, 1.807) is 16.8 Å². The molecule has 7 nitrogen and oxygen atoms in total. The molecule has 154 valence electrons. The zero-order valence-electron chi connectivity index (χ0n) is 16.9. The molecule has 0 atom stereocenters. The monoisotopic (exact) mass is 423 g/mol. The lowest BCUT2D eigenvalue weighted by molar-refractivity contribution is 0.0450. The fraction of sp³-hybridized carbons (Fsp3) is 0.273. The topological polar surface area (TPSA) is 74.8 Å². The summed E-state index contributed by atoms with van der Waals surface area (Å²) in [6.07, 6.45) is 1.47. The Balaban J connectivity index is 1.60. The molecule has 30 heavy (non-hydrogen) atoms. The third-order valence-corrected chi connectivity index (χ3v) is 5.11. The number of benzene rings is 2. The largest absolute Gasteiger partial charge is 0.453 e. The van der Waals surface area contributed by atoms with Crippen LogP contribution in [0.3, 0.4) is 0 Å². The highest BCUT2D eigenvalue weighted by molar-refractivity contribution is 6.30. The summed E-state index contributed by atoms with van der Waals surface area (Å²) in [5.74, 6) is 0.188. The molecule has 4 rings (SSSR count). The quantitative estimate of drug-likeness (QED) is 0.406. The van der Waals surface area contributed by atoms with Gasteiger partial charge in [0.25, 0.3) is 0 Å². The molecule has 0 N–H and O–H groups in total. The third-order valence-electron chi connectivity index (χ3n) is 4.88. The van der Waals surface area contributed by atoms with Crippen LogP contribution >= 0.6 is 11.6 Å². The van der Waals surface area contributed by atoms with Crippen molar-refractivity contribution >= 4 is 28.6 Å². The van der Waals surface area contributed by atoms with E-state index in [4.69, 9.17) is 16.3 Å². The Labute approximate surface area is 179 Å². The molecule has 0 spiro atoms. The van der Waals surface area contributed by atoms with Gasteiger partial charge in [0.2, 0.25) is 0 Å². The van der Waals surface area contributed by atoms with E-state index in [0.29, 0.717) is 23.0 Å².